The molecule has 1 amide bonds. The number of carbonyl (C=O) groups excluding carboxylic acids is 1. The molecule has 2 unspecified atom stereocenters. The second-order valence-corrected chi connectivity index (χ2v) is 5.76. The predicted molar refractivity (Wildman–Crippen MR) is 81.4 cm³/mol. The van der Waals surface area contributed by atoms with E-state index in [9.17, 15) is 23.1 Å². The minimum Gasteiger partial charge on any atom is -0.391 e. The van der Waals surface area contributed by atoms with Crippen LogP contribution in [0.3, 0.4) is 0 Å². The lowest BCUT2D eigenvalue weighted by Gasteiger charge is -2.17. The molecule has 5 nitrogen and oxygen atoms in total. The first-order valence-corrected chi connectivity index (χ1v) is 7.50. The molecule has 2 atom stereocenters. The topological polar surface area (TPSA) is 74.2 Å². The molecular weight excluding hydrogens is 323 g/mol. The van der Waals surface area contributed by atoms with Gasteiger partial charge in [0.1, 0.15) is 0 Å². The molecule has 3 rings (SSSR count). The third-order valence-electron chi connectivity index (χ3n) is 4.13. The van der Waals surface area contributed by atoms with Crippen LogP contribution in [-0.2, 0) is 6.18 Å². The minimum atomic E-state index is -4.68. The van der Waals surface area contributed by atoms with Gasteiger partial charge in [-0.25, -0.2) is 0 Å². The van der Waals surface area contributed by atoms with Crippen LogP contribution in [-0.4, -0.2) is 41.7 Å². The van der Waals surface area contributed by atoms with Crippen molar-refractivity contribution in [3.63, 3.8) is 0 Å². The summed E-state index contributed by atoms with van der Waals surface area (Å²) < 4.78 is 40.5. The number of hydrogen-bond donors (Lipinski definition) is 3. The van der Waals surface area contributed by atoms with E-state index in [4.69, 9.17) is 0 Å². The fourth-order valence-corrected chi connectivity index (χ4v) is 2.87. The van der Waals surface area contributed by atoms with Gasteiger partial charge in [-0.1, -0.05) is 18.2 Å². The molecule has 2 aromatic rings. The fraction of sp³-hybridized carbons (Fsp3) is 0.375. The Labute approximate surface area is 135 Å². The number of rotatable bonds is 3. The first-order chi connectivity index (χ1) is 11.4. The highest BCUT2D eigenvalue weighted by Crippen LogP contribution is 2.36. The Morgan fingerprint density at radius 1 is 1.33 bits per heavy atom. The van der Waals surface area contributed by atoms with Gasteiger partial charge in [-0.05, 0) is 6.07 Å². The molecule has 8 heteroatoms. The maximum atomic E-state index is 13.5. The number of β-amino-alcohol motifs (C(OH)–C–C–N with tert-alkyl or cyclic N) is 1. The largest absolute Gasteiger partial charge is 0.417 e. The van der Waals surface area contributed by atoms with Crippen molar-refractivity contribution in [1.29, 1.82) is 0 Å². The molecule has 0 aliphatic carbocycles. The van der Waals surface area contributed by atoms with E-state index in [0.717, 1.165) is 6.20 Å². The molecule has 1 fully saturated rings. The maximum Gasteiger partial charge on any atom is 0.417 e. The molecule has 1 aromatic heterocycles. The second kappa shape index (κ2) is 6.37. The zero-order chi connectivity index (χ0) is 17.3. The van der Waals surface area contributed by atoms with E-state index in [0.29, 0.717) is 13.1 Å². The Balaban J connectivity index is 1.92. The van der Waals surface area contributed by atoms with Crippen LogP contribution in [0.1, 0.15) is 15.9 Å². The first-order valence-electron chi connectivity index (χ1n) is 7.50. The summed E-state index contributed by atoms with van der Waals surface area (Å²) >= 11 is 0. The number of halogens is 3. The van der Waals surface area contributed by atoms with Crippen molar-refractivity contribution in [2.24, 2.45) is 5.92 Å². The van der Waals surface area contributed by atoms with E-state index >= 15 is 0 Å². The molecule has 0 radical (unpaired) electrons. The summed E-state index contributed by atoms with van der Waals surface area (Å²) in [6.45, 7) is 1.01. The number of nitrogens with zero attached hydrogens (tertiary/aromatic N) is 1. The molecule has 1 saturated heterocycles. The van der Waals surface area contributed by atoms with Gasteiger partial charge in [0.15, 0.2) is 0 Å². The van der Waals surface area contributed by atoms with Crippen LogP contribution in [0.5, 0.6) is 0 Å². The number of amides is 1. The van der Waals surface area contributed by atoms with Gasteiger partial charge >= 0.3 is 6.18 Å². The van der Waals surface area contributed by atoms with Crippen molar-refractivity contribution in [3.8, 4) is 0 Å². The lowest BCUT2D eigenvalue weighted by atomic mass is 10.0. The molecule has 2 heterocycles. The molecular formula is C16H16F3N3O2. The van der Waals surface area contributed by atoms with E-state index < -0.39 is 29.3 Å². The van der Waals surface area contributed by atoms with Crippen molar-refractivity contribution in [3.05, 3.63) is 41.6 Å². The SMILES string of the molecule is O=C(NCC1CNCC1O)c1cnc2ccccc2c1C(F)(F)F. The van der Waals surface area contributed by atoms with Crippen molar-refractivity contribution in [2.45, 2.75) is 12.3 Å². The molecule has 0 saturated carbocycles. The van der Waals surface area contributed by atoms with Crippen molar-refractivity contribution < 1.29 is 23.1 Å². The van der Waals surface area contributed by atoms with Gasteiger partial charge in [0.25, 0.3) is 5.91 Å². The van der Waals surface area contributed by atoms with Gasteiger partial charge in [-0.15, -0.1) is 0 Å². The van der Waals surface area contributed by atoms with Gasteiger partial charge in [-0.3, -0.25) is 9.78 Å². The summed E-state index contributed by atoms with van der Waals surface area (Å²) in [7, 11) is 0. The van der Waals surface area contributed by atoms with Crippen LogP contribution < -0.4 is 10.6 Å². The predicted octanol–water partition coefficient (Wildman–Crippen LogP) is 1.56. The molecule has 1 aliphatic heterocycles. The van der Waals surface area contributed by atoms with Crippen LogP contribution in [0.4, 0.5) is 13.2 Å². The molecule has 3 N–H and O–H groups in total. The number of aliphatic hydroxyl groups is 1. The van der Waals surface area contributed by atoms with Crippen LogP contribution in [0, 0.1) is 5.92 Å². The number of alkyl halides is 3. The lowest BCUT2D eigenvalue weighted by molar-refractivity contribution is -0.136. The number of pyridine rings is 1. The number of benzene rings is 1. The van der Waals surface area contributed by atoms with Crippen LogP contribution >= 0.6 is 0 Å². The maximum absolute atomic E-state index is 13.5. The quantitative estimate of drug-likeness (QED) is 0.793. The normalized spacial score (nSPS) is 21.2. The number of para-hydroxylation sites is 1. The zero-order valence-corrected chi connectivity index (χ0v) is 12.6. The van der Waals surface area contributed by atoms with E-state index in [-0.39, 0.29) is 23.4 Å². The second-order valence-electron chi connectivity index (χ2n) is 5.76. The van der Waals surface area contributed by atoms with Gasteiger partial charge in [0, 0.05) is 37.1 Å². The summed E-state index contributed by atoms with van der Waals surface area (Å²) in [5, 5.41) is 15.0. The van der Waals surface area contributed by atoms with Gasteiger partial charge < -0.3 is 15.7 Å². The lowest BCUT2D eigenvalue weighted by Crippen LogP contribution is -2.35. The van der Waals surface area contributed by atoms with Crippen molar-refractivity contribution >= 4 is 16.8 Å². The summed E-state index contributed by atoms with van der Waals surface area (Å²) in [5.41, 5.74) is -1.32. The number of hydrogen-bond acceptors (Lipinski definition) is 4. The van der Waals surface area contributed by atoms with Crippen LogP contribution in [0.15, 0.2) is 30.5 Å². The fourth-order valence-electron chi connectivity index (χ4n) is 2.87. The van der Waals surface area contributed by atoms with Crippen molar-refractivity contribution in [2.75, 3.05) is 19.6 Å². The van der Waals surface area contributed by atoms with Gasteiger partial charge in [0.05, 0.1) is 22.7 Å². The highest BCUT2D eigenvalue weighted by Gasteiger charge is 2.38. The summed E-state index contributed by atoms with van der Waals surface area (Å²) in [4.78, 5) is 16.2. The minimum absolute atomic E-state index is 0.0944. The van der Waals surface area contributed by atoms with E-state index in [1.165, 1.54) is 18.2 Å². The standard InChI is InChI=1S/C16H16F3N3O2/c17-16(18,19)14-10-3-1-2-4-12(10)21-7-11(14)15(24)22-6-9-5-20-8-13(9)23/h1-4,7,9,13,20,23H,5-6,8H2,(H,22,24). The van der Waals surface area contributed by atoms with Gasteiger partial charge in [-0.2, -0.15) is 13.2 Å². The van der Waals surface area contributed by atoms with E-state index in [1.54, 1.807) is 6.07 Å². The Morgan fingerprint density at radius 2 is 2.08 bits per heavy atom. The van der Waals surface area contributed by atoms with Gasteiger partial charge in [0.2, 0.25) is 0 Å². The zero-order valence-electron chi connectivity index (χ0n) is 12.6. The Bertz CT molecular complexity index is 764. The van der Waals surface area contributed by atoms with E-state index in [2.05, 4.69) is 15.6 Å². The average molecular weight is 339 g/mol. The Kier molecular flexibility index (Phi) is 4.42. The van der Waals surface area contributed by atoms with Crippen LogP contribution in [0.25, 0.3) is 10.9 Å². The van der Waals surface area contributed by atoms with E-state index in [1.807, 2.05) is 0 Å². The molecule has 1 aliphatic rings. The Morgan fingerprint density at radius 3 is 2.75 bits per heavy atom. The molecule has 24 heavy (non-hydrogen) atoms. The molecule has 0 spiro atoms. The monoisotopic (exact) mass is 339 g/mol. The first kappa shape index (κ1) is 16.7. The summed E-state index contributed by atoms with van der Waals surface area (Å²) in [6.07, 6.45) is -4.35. The summed E-state index contributed by atoms with van der Waals surface area (Å²) in [6, 6.07) is 5.82. The highest BCUT2D eigenvalue weighted by atomic mass is 19.4. The van der Waals surface area contributed by atoms with Crippen molar-refractivity contribution in [1.82, 2.24) is 15.6 Å². The number of fused-ring (bicyclic) bond motifs is 1. The van der Waals surface area contributed by atoms with Crippen LogP contribution in [0.2, 0.25) is 0 Å². The highest BCUT2D eigenvalue weighted by molar-refractivity contribution is 6.00. The molecule has 0 bridgehead atoms. The smallest absolute Gasteiger partial charge is 0.391 e. The third-order valence-corrected chi connectivity index (χ3v) is 4.13. The third kappa shape index (κ3) is 3.20. The number of carbonyl (C=O) groups is 1. The molecule has 1 aromatic carbocycles. The number of nitrogens with one attached hydrogen (secondary N) is 2. The molecule has 128 valence electrons. The Hall–Kier alpha value is -2.19. The average Bonchev–Trinajstić information content (AvgIpc) is 2.95. The summed E-state index contributed by atoms with van der Waals surface area (Å²) in [5.74, 6) is -1.07. The number of aliphatic hydroxyl groups excluding tert-OH is 1. The number of aromatic nitrogens is 1.